The van der Waals surface area contributed by atoms with Crippen molar-refractivity contribution in [1.29, 1.82) is 0 Å². The summed E-state index contributed by atoms with van der Waals surface area (Å²) < 4.78 is 14.4. The van der Waals surface area contributed by atoms with Crippen molar-refractivity contribution in [2.24, 2.45) is 4.40 Å². The average Bonchev–Trinajstić information content (AvgIpc) is 2.12. The van der Waals surface area contributed by atoms with Crippen molar-refractivity contribution in [2.75, 3.05) is 12.0 Å². The molecule has 0 aromatic carbocycles. The van der Waals surface area contributed by atoms with Gasteiger partial charge in [0.05, 0.1) is 17.6 Å². The number of rotatable bonds is 6. The first-order chi connectivity index (χ1) is 6.70. The maximum absolute atomic E-state index is 10.6. The van der Waals surface area contributed by atoms with Gasteiger partial charge in [0.15, 0.2) is 0 Å². The molecule has 0 aromatic heterocycles. The zero-order valence-corrected chi connectivity index (χ0v) is 10.1. The number of thioether (sulfide) groups is 1. The summed E-state index contributed by atoms with van der Waals surface area (Å²) >= 11 is 0.543. The molecule has 0 bridgehead atoms. The second-order valence-electron chi connectivity index (χ2n) is 2.33. The average molecular weight is 229 g/mol. The van der Waals surface area contributed by atoms with E-state index in [1.807, 2.05) is 25.2 Å². The predicted octanol–water partition coefficient (Wildman–Crippen LogP) is 2.73. The summed E-state index contributed by atoms with van der Waals surface area (Å²) in [6, 6.07) is 0. The molecule has 0 rings (SSSR count). The lowest BCUT2D eigenvalue weighted by molar-refractivity contribution is 0.603. The van der Waals surface area contributed by atoms with Crippen LogP contribution in [0.4, 0.5) is 0 Å². The predicted molar refractivity (Wildman–Crippen MR) is 68.1 cm³/mol. The van der Waals surface area contributed by atoms with E-state index in [9.17, 15) is 4.55 Å². The van der Waals surface area contributed by atoms with Crippen molar-refractivity contribution in [2.45, 2.75) is 6.92 Å². The summed E-state index contributed by atoms with van der Waals surface area (Å²) in [6.45, 7) is 5.60. The maximum Gasteiger partial charge on any atom is 0.123 e. The second kappa shape index (κ2) is 9.12. The third-order valence-corrected chi connectivity index (χ3v) is 2.53. The second-order valence-corrected chi connectivity index (χ2v) is 4.48. The molecular formula is C10H15NOS2. The van der Waals surface area contributed by atoms with Crippen LogP contribution in [0.2, 0.25) is 0 Å². The lowest BCUT2D eigenvalue weighted by atomic mass is 10.4. The van der Waals surface area contributed by atoms with Crippen molar-refractivity contribution in [3.05, 3.63) is 35.8 Å². The molecule has 0 spiro atoms. The van der Waals surface area contributed by atoms with Crippen LogP contribution in [0, 0.1) is 0 Å². The zero-order valence-electron chi connectivity index (χ0n) is 8.47. The Hall–Kier alpha value is -0.450. The van der Waals surface area contributed by atoms with E-state index in [0.717, 1.165) is 10.7 Å². The van der Waals surface area contributed by atoms with E-state index in [1.54, 1.807) is 30.3 Å². The molecule has 78 valence electrons. The van der Waals surface area contributed by atoms with Gasteiger partial charge in [0.2, 0.25) is 0 Å². The first-order valence-electron chi connectivity index (χ1n) is 4.15. The van der Waals surface area contributed by atoms with Crippen LogP contribution >= 0.6 is 11.8 Å². The molecule has 0 aliphatic heterocycles. The van der Waals surface area contributed by atoms with Crippen LogP contribution in [0.5, 0.6) is 0 Å². The van der Waals surface area contributed by atoms with Gasteiger partial charge in [0.1, 0.15) is 6.26 Å². The van der Waals surface area contributed by atoms with Gasteiger partial charge in [-0.2, -0.15) is 0 Å². The van der Waals surface area contributed by atoms with Crippen LogP contribution in [-0.4, -0.2) is 22.8 Å². The van der Waals surface area contributed by atoms with Gasteiger partial charge in [-0.3, -0.25) is 0 Å². The first-order valence-corrected chi connectivity index (χ1v) is 6.65. The van der Waals surface area contributed by atoms with E-state index in [-0.39, 0.29) is 0 Å². The van der Waals surface area contributed by atoms with Gasteiger partial charge in [-0.25, -0.2) is 0 Å². The van der Waals surface area contributed by atoms with Crippen molar-refractivity contribution < 1.29 is 4.55 Å². The SMILES string of the molecule is C=C/C=C(\C=C/C)SC/C=N/[S+](C)[O-]. The third-order valence-electron chi connectivity index (χ3n) is 1.16. The van der Waals surface area contributed by atoms with Crippen molar-refractivity contribution in [1.82, 2.24) is 0 Å². The normalized spacial score (nSPS) is 15.2. The highest BCUT2D eigenvalue weighted by Crippen LogP contribution is 2.15. The maximum atomic E-state index is 10.6. The standard InChI is InChI=1S/C10H15NOS2/c1-4-6-10(7-5-2)13-9-8-11-14(3)12/h4-8H,1,9H2,2-3H3/b7-5-,10-6+,11-8+. The van der Waals surface area contributed by atoms with E-state index in [1.165, 1.54) is 0 Å². The molecule has 0 aliphatic carbocycles. The van der Waals surface area contributed by atoms with Gasteiger partial charge < -0.3 is 4.55 Å². The molecule has 2 nitrogen and oxygen atoms in total. The number of allylic oxidation sites excluding steroid dienone is 4. The zero-order chi connectivity index (χ0) is 10.8. The highest BCUT2D eigenvalue weighted by atomic mass is 32.2. The van der Waals surface area contributed by atoms with E-state index in [0.29, 0.717) is 0 Å². The van der Waals surface area contributed by atoms with Crippen LogP contribution < -0.4 is 0 Å². The summed E-state index contributed by atoms with van der Waals surface area (Å²) in [5.74, 6) is 0.726. The Balaban J connectivity index is 3.95. The van der Waals surface area contributed by atoms with E-state index >= 15 is 0 Å². The van der Waals surface area contributed by atoms with E-state index in [4.69, 9.17) is 0 Å². The van der Waals surface area contributed by atoms with Crippen LogP contribution in [0.1, 0.15) is 6.92 Å². The van der Waals surface area contributed by atoms with Gasteiger partial charge in [0.25, 0.3) is 0 Å². The lowest BCUT2D eigenvalue weighted by Crippen LogP contribution is -1.91. The molecular weight excluding hydrogens is 214 g/mol. The molecule has 0 amide bonds. The Morgan fingerprint density at radius 2 is 2.36 bits per heavy atom. The van der Waals surface area contributed by atoms with Crippen LogP contribution in [0.25, 0.3) is 0 Å². The summed E-state index contributed by atoms with van der Waals surface area (Å²) in [5.41, 5.74) is 0. The first kappa shape index (κ1) is 13.5. The smallest absolute Gasteiger partial charge is 0.123 e. The molecule has 0 N–H and O–H groups in total. The third kappa shape index (κ3) is 8.16. The van der Waals surface area contributed by atoms with Crippen LogP contribution in [0.15, 0.2) is 40.2 Å². The summed E-state index contributed by atoms with van der Waals surface area (Å²) in [6.07, 6.45) is 10.9. The minimum atomic E-state index is -1.09. The molecule has 0 saturated carbocycles. The van der Waals surface area contributed by atoms with Gasteiger partial charge in [-0.05, 0) is 13.0 Å². The Morgan fingerprint density at radius 3 is 2.86 bits per heavy atom. The molecule has 0 aliphatic rings. The molecule has 0 heterocycles. The Morgan fingerprint density at radius 1 is 1.64 bits per heavy atom. The number of nitrogens with zero attached hydrogens (tertiary/aromatic N) is 1. The molecule has 0 saturated heterocycles. The van der Waals surface area contributed by atoms with Crippen LogP contribution in [0.3, 0.4) is 0 Å². The highest BCUT2D eigenvalue weighted by molar-refractivity contribution is 8.03. The molecule has 0 aromatic rings. The monoisotopic (exact) mass is 229 g/mol. The Bertz CT molecular complexity index is 245. The minimum absolute atomic E-state index is 0.726. The van der Waals surface area contributed by atoms with Crippen molar-refractivity contribution in [3.63, 3.8) is 0 Å². The summed E-state index contributed by atoms with van der Waals surface area (Å²) in [4.78, 5) is 1.12. The fourth-order valence-corrected chi connectivity index (χ4v) is 1.85. The molecule has 1 atom stereocenters. The number of hydrogen-bond acceptors (Lipinski definition) is 3. The van der Waals surface area contributed by atoms with Gasteiger partial charge >= 0.3 is 0 Å². The molecule has 0 radical (unpaired) electrons. The Kier molecular flexibility index (Phi) is 8.83. The van der Waals surface area contributed by atoms with Crippen molar-refractivity contribution in [3.8, 4) is 0 Å². The molecule has 14 heavy (non-hydrogen) atoms. The molecule has 0 fully saturated rings. The topological polar surface area (TPSA) is 35.4 Å². The van der Waals surface area contributed by atoms with Crippen molar-refractivity contribution >= 4 is 29.3 Å². The van der Waals surface area contributed by atoms with Gasteiger partial charge in [-0.15, -0.1) is 11.8 Å². The fourth-order valence-electron chi connectivity index (χ4n) is 0.701. The number of hydrogen-bond donors (Lipinski definition) is 0. The minimum Gasteiger partial charge on any atom is -0.592 e. The summed E-state index contributed by atoms with van der Waals surface area (Å²) in [7, 11) is 0. The van der Waals surface area contributed by atoms with Crippen LogP contribution in [-0.2, 0) is 11.4 Å². The van der Waals surface area contributed by atoms with Gasteiger partial charge in [-0.1, -0.05) is 29.2 Å². The van der Waals surface area contributed by atoms with E-state index < -0.39 is 11.4 Å². The quantitative estimate of drug-likeness (QED) is 0.399. The highest BCUT2D eigenvalue weighted by Gasteiger charge is 1.92. The molecule has 4 heteroatoms. The fraction of sp³-hybridized carbons (Fsp3) is 0.300. The summed E-state index contributed by atoms with van der Waals surface area (Å²) in [5, 5.41) is 0. The van der Waals surface area contributed by atoms with E-state index in [2.05, 4.69) is 11.0 Å². The Labute approximate surface area is 93.2 Å². The van der Waals surface area contributed by atoms with Gasteiger partial charge in [0, 0.05) is 10.7 Å². The lowest BCUT2D eigenvalue weighted by Gasteiger charge is -1.97. The molecule has 1 unspecified atom stereocenters. The largest absolute Gasteiger partial charge is 0.592 e.